The van der Waals surface area contributed by atoms with E-state index in [1.54, 1.807) is 11.6 Å². The molecule has 0 aliphatic rings. The maximum Gasteiger partial charge on any atom is 0.272 e. The minimum Gasteiger partial charge on any atom is -0.344 e. The largest absolute Gasteiger partial charge is 0.344 e. The van der Waals surface area contributed by atoms with Crippen LogP contribution in [0.3, 0.4) is 0 Å². The number of carbonyl (C=O) groups is 1. The summed E-state index contributed by atoms with van der Waals surface area (Å²) in [5.74, 6) is -2.28. The maximum atomic E-state index is 13.1. The molecule has 2 aromatic rings. The first-order valence-electron chi connectivity index (χ1n) is 5.79. The van der Waals surface area contributed by atoms with Crippen molar-refractivity contribution < 1.29 is 13.6 Å². The summed E-state index contributed by atoms with van der Waals surface area (Å²) < 4.78 is 27.6. The van der Waals surface area contributed by atoms with Gasteiger partial charge in [-0.3, -0.25) is 4.79 Å². The summed E-state index contributed by atoms with van der Waals surface area (Å²) in [6.07, 6.45) is 0. The number of aromatic nitrogens is 1. The molecule has 1 aromatic carbocycles. The van der Waals surface area contributed by atoms with E-state index < -0.39 is 11.6 Å². The standard InChI is InChI=1S/C14H14F2N2O/c1-8-6-9(2)18(3)13(8)14(19)17-10-4-5-11(15)12(16)7-10/h4-7H,1-3H3,(H,17,19). The highest BCUT2D eigenvalue weighted by Crippen LogP contribution is 2.17. The zero-order valence-corrected chi connectivity index (χ0v) is 10.9. The van der Waals surface area contributed by atoms with Crippen molar-refractivity contribution in [1.29, 1.82) is 0 Å². The highest BCUT2D eigenvalue weighted by atomic mass is 19.2. The highest BCUT2D eigenvalue weighted by molar-refractivity contribution is 6.04. The van der Waals surface area contributed by atoms with Crippen LogP contribution in [0, 0.1) is 25.5 Å². The summed E-state index contributed by atoms with van der Waals surface area (Å²) in [7, 11) is 1.78. The minimum absolute atomic E-state index is 0.224. The molecule has 1 aromatic heterocycles. The molecule has 3 nitrogen and oxygen atoms in total. The van der Waals surface area contributed by atoms with E-state index in [1.165, 1.54) is 6.07 Å². The van der Waals surface area contributed by atoms with Gasteiger partial charge in [0, 0.05) is 24.5 Å². The first-order valence-corrected chi connectivity index (χ1v) is 5.79. The summed E-state index contributed by atoms with van der Waals surface area (Å²) in [4.78, 5) is 12.1. The number of carbonyl (C=O) groups excluding carboxylic acids is 1. The third-order valence-corrected chi connectivity index (χ3v) is 3.06. The number of amides is 1. The lowest BCUT2D eigenvalue weighted by Crippen LogP contribution is -2.17. The topological polar surface area (TPSA) is 34.0 Å². The molecule has 0 aliphatic carbocycles. The molecule has 0 saturated heterocycles. The van der Waals surface area contributed by atoms with Crippen LogP contribution in [0.2, 0.25) is 0 Å². The molecule has 1 amide bonds. The molecule has 0 bridgehead atoms. The van der Waals surface area contributed by atoms with Gasteiger partial charge in [-0.05, 0) is 37.6 Å². The van der Waals surface area contributed by atoms with Gasteiger partial charge in [-0.25, -0.2) is 8.78 Å². The molecule has 5 heteroatoms. The van der Waals surface area contributed by atoms with E-state index in [2.05, 4.69) is 5.32 Å². The van der Waals surface area contributed by atoms with E-state index in [-0.39, 0.29) is 11.6 Å². The third kappa shape index (κ3) is 2.50. The third-order valence-electron chi connectivity index (χ3n) is 3.06. The minimum atomic E-state index is -0.988. The zero-order valence-electron chi connectivity index (χ0n) is 10.9. The quantitative estimate of drug-likeness (QED) is 0.888. The van der Waals surface area contributed by atoms with E-state index in [4.69, 9.17) is 0 Å². The van der Waals surface area contributed by atoms with Crippen molar-refractivity contribution in [2.45, 2.75) is 13.8 Å². The van der Waals surface area contributed by atoms with E-state index in [1.807, 2.05) is 19.9 Å². The van der Waals surface area contributed by atoms with Crippen LogP contribution in [-0.4, -0.2) is 10.5 Å². The fourth-order valence-corrected chi connectivity index (χ4v) is 2.01. The van der Waals surface area contributed by atoms with Gasteiger partial charge in [-0.1, -0.05) is 0 Å². The SMILES string of the molecule is Cc1cc(C)n(C)c1C(=O)Nc1ccc(F)c(F)c1. The second-order valence-electron chi connectivity index (χ2n) is 4.46. The molecule has 19 heavy (non-hydrogen) atoms. The van der Waals surface area contributed by atoms with Crippen molar-refractivity contribution in [3.05, 3.63) is 52.9 Å². The number of rotatable bonds is 2. The normalized spacial score (nSPS) is 10.6. The van der Waals surface area contributed by atoms with Crippen LogP contribution in [0.25, 0.3) is 0 Å². The summed E-state index contributed by atoms with van der Waals surface area (Å²) in [5, 5.41) is 2.55. The highest BCUT2D eigenvalue weighted by Gasteiger charge is 2.15. The van der Waals surface area contributed by atoms with Crippen LogP contribution < -0.4 is 5.32 Å². The molecule has 1 heterocycles. The molecule has 0 spiro atoms. The number of hydrogen-bond acceptors (Lipinski definition) is 1. The Kier molecular flexibility index (Phi) is 3.38. The predicted molar refractivity (Wildman–Crippen MR) is 69.2 cm³/mol. The van der Waals surface area contributed by atoms with Crippen molar-refractivity contribution in [3.63, 3.8) is 0 Å². The molecule has 100 valence electrons. The molecule has 0 radical (unpaired) electrons. The smallest absolute Gasteiger partial charge is 0.272 e. The Hall–Kier alpha value is -2.17. The second kappa shape index (κ2) is 4.84. The van der Waals surface area contributed by atoms with Crippen molar-refractivity contribution in [3.8, 4) is 0 Å². The Labute approximate surface area is 109 Å². The number of hydrogen-bond donors (Lipinski definition) is 1. The monoisotopic (exact) mass is 264 g/mol. The van der Waals surface area contributed by atoms with Crippen LogP contribution in [0.4, 0.5) is 14.5 Å². The second-order valence-corrected chi connectivity index (χ2v) is 4.46. The predicted octanol–water partition coefficient (Wildman–Crippen LogP) is 3.17. The van der Waals surface area contributed by atoms with Crippen LogP contribution in [-0.2, 0) is 7.05 Å². The average molecular weight is 264 g/mol. The number of anilines is 1. The number of nitrogens with one attached hydrogen (secondary N) is 1. The van der Waals surface area contributed by atoms with E-state index in [9.17, 15) is 13.6 Å². The lowest BCUT2D eigenvalue weighted by Gasteiger charge is -2.08. The van der Waals surface area contributed by atoms with Crippen LogP contribution >= 0.6 is 0 Å². The fraction of sp³-hybridized carbons (Fsp3) is 0.214. The Bertz CT molecular complexity index is 647. The zero-order chi connectivity index (χ0) is 14.2. The Morgan fingerprint density at radius 2 is 1.84 bits per heavy atom. The fourth-order valence-electron chi connectivity index (χ4n) is 2.01. The van der Waals surface area contributed by atoms with E-state index >= 15 is 0 Å². The molecule has 1 N–H and O–H groups in total. The van der Waals surface area contributed by atoms with Crippen molar-refractivity contribution in [2.24, 2.45) is 7.05 Å². The van der Waals surface area contributed by atoms with Gasteiger partial charge in [0.25, 0.3) is 5.91 Å². The molecule has 0 aliphatic heterocycles. The Morgan fingerprint density at radius 1 is 1.16 bits per heavy atom. The van der Waals surface area contributed by atoms with Gasteiger partial charge < -0.3 is 9.88 Å². The number of aryl methyl sites for hydroxylation is 2. The lowest BCUT2D eigenvalue weighted by molar-refractivity contribution is 0.101. The summed E-state index contributed by atoms with van der Waals surface area (Å²) in [6.45, 7) is 3.72. The van der Waals surface area contributed by atoms with Gasteiger partial charge in [0.2, 0.25) is 0 Å². The van der Waals surface area contributed by atoms with Crippen molar-refractivity contribution >= 4 is 11.6 Å². The van der Waals surface area contributed by atoms with Gasteiger partial charge in [0.05, 0.1) is 0 Å². The summed E-state index contributed by atoms with van der Waals surface area (Å²) >= 11 is 0. The van der Waals surface area contributed by atoms with Crippen LogP contribution in [0.1, 0.15) is 21.7 Å². The molecule has 0 unspecified atom stereocenters. The van der Waals surface area contributed by atoms with Crippen molar-refractivity contribution in [2.75, 3.05) is 5.32 Å². The maximum absolute atomic E-state index is 13.1. The number of nitrogens with zero attached hydrogens (tertiary/aromatic N) is 1. The van der Waals surface area contributed by atoms with Gasteiger partial charge >= 0.3 is 0 Å². The molecular weight excluding hydrogens is 250 g/mol. The van der Waals surface area contributed by atoms with E-state index in [0.29, 0.717) is 5.69 Å². The summed E-state index contributed by atoms with van der Waals surface area (Å²) in [5.41, 5.74) is 2.51. The number of benzene rings is 1. The molecule has 0 fully saturated rings. The average Bonchev–Trinajstić information content (AvgIpc) is 2.58. The van der Waals surface area contributed by atoms with Gasteiger partial charge in [-0.2, -0.15) is 0 Å². The van der Waals surface area contributed by atoms with Crippen LogP contribution in [0.15, 0.2) is 24.3 Å². The molecule has 0 atom stereocenters. The van der Waals surface area contributed by atoms with Gasteiger partial charge in [0.15, 0.2) is 11.6 Å². The van der Waals surface area contributed by atoms with Gasteiger partial charge in [0.1, 0.15) is 5.69 Å². The van der Waals surface area contributed by atoms with E-state index in [0.717, 1.165) is 23.4 Å². The van der Waals surface area contributed by atoms with Crippen molar-refractivity contribution in [1.82, 2.24) is 4.57 Å². The molecule has 2 rings (SSSR count). The molecular formula is C14H14F2N2O. The van der Waals surface area contributed by atoms with Crippen LogP contribution in [0.5, 0.6) is 0 Å². The Balaban J connectivity index is 2.28. The lowest BCUT2D eigenvalue weighted by atomic mass is 10.2. The molecule has 0 saturated carbocycles. The summed E-state index contributed by atoms with van der Waals surface area (Å²) in [6, 6.07) is 5.15. The Morgan fingerprint density at radius 3 is 2.37 bits per heavy atom. The number of halogens is 2. The first kappa shape index (κ1) is 13.3. The first-order chi connectivity index (χ1) is 8.90. The van der Waals surface area contributed by atoms with Gasteiger partial charge in [-0.15, -0.1) is 0 Å².